The Morgan fingerprint density at radius 2 is 1.72 bits per heavy atom. The lowest BCUT2D eigenvalue weighted by atomic mass is 9.77. The number of carbonyl (C=O) groups is 1. The van der Waals surface area contributed by atoms with Crippen LogP contribution in [-0.2, 0) is 0 Å². The van der Waals surface area contributed by atoms with Gasteiger partial charge in [0.1, 0.15) is 12.7 Å². The van der Waals surface area contributed by atoms with Crippen LogP contribution in [0.1, 0.15) is 48.5 Å². The van der Waals surface area contributed by atoms with Crippen molar-refractivity contribution in [1.82, 2.24) is 19.7 Å². The molecule has 4 atom stereocenters. The van der Waals surface area contributed by atoms with E-state index in [1.54, 1.807) is 11.0 Å². The minimum absolute atomic E-state index is 0.0439. The summed E-state index contributed by atoms with van der Waals surface area (Å²) in [5, 5.41) is 14.8. The summed E-state index contributed by atoms with van der Waals surface area (Å²) in [6, 6.07) is 8.08. The predicted molar refractivity (Wildman–Crippen MR) is 110 cm³/mol. The monoisotopic (exact) mass is 395 g/mol. The highest BCUT2D eigenvalue weighted by atomic mass is 16.3. The second-order valence-electron chi connectivity index (χ2n) is 8.81. The molecule has 1 amide bonds. The third kappa shape index (κ3) is 3.64. The number of aliphatic hydroxyl groups is 1. The first-order valence-corrected chi connectivity index (χ1v) is 10.9. The molecular formula is C22H29N5O2. The maximum atomic E-state index is 13.1. The molecule has 1 saturated carbocycles. The number of carbonyl (C=O) groups excluding carboxylic acids is 1. The van der Waals surface area contributed by atoms with Gasteiger partial charge in [-0.1, -0.05) is 0 Å². The Morgan fingerprint density at radius 1 is 1.00 bits per heavy atom. The number of rotatable bonds is 3. The van der Waals surface area contributed by atoms with Crippen LogP contribution in [0, 0.1) is 11.8 Å². The van der Waals surface area contributed by atoms with Crippen LogP contribution in [0.3, 0.4) is 0 Å². The maximum absolute atomic E-state index is 13.1. The molecule has 2 aromatic rings. The van der Waals surface area contributed by atoms with Crippen molar-refractivity contribution < 1.29 is 9.90 Å². The van der Waals surface area contributed by atoms with Crippen LogP contribution in [0.4, 0.5) is 5.69 Å². The fraction of sp³-hybridized carbons (Fsp3) is 0.591. The lowest BCUT2D eigenvalue weighted by Crippen LogP contribution is -2.36. The molecule has 3 heterocycles. The number of benzene rings is 1. The molecule has 0 bridgehead atoms. The number of hydrogen-bond acceptors (Lipinski definition) is 5. The molecule has 7 heteroatoms. The van der Waals surface area contributed by atoms with Crippen LogP contribution in [0.5, 0.6) is 0 Å². The minimum Gasteiger partial charge on any atom is -0.391 e. The number of anilines is 1. The normalized spacial score (nSPS) is 29.7. The summed E-state index contributed by atoms with van der Waals surface area (Å²) in [5.74, 6) is 0.877. The standard InChI is InChI=1S/C22H29N5O2/c28-21-11-18-13-26(12-17(18)10-20(21)27-15-23-14-24-27)22(29)16-4-6-19(7-5-16)25-8-2-1-3-9-25/h4-7,14-15,17-18,20-21,28H,1-3,8-13H2/t17-,18+,20-,21-/m1/s1. The van der Waals surface area contributed by atoms with Gasteiger partial charge in [-0.2, -0.15) is 5.10 Å². The quantitative estimate of drug-likeness (QED) is 0.864. The number of aliphatic hydroxyl groups excluding tert-OH is 1. The van der Waals surface area contributed by atoms with Crippen LogP contribution in [0.2, 0.25) is 0 Å². The maximum Gasteiger partial charge on any atom is 0.253 e. The first-order valence-electron chi connectivity index (χ1n) is 10.9. The Morgan fingerprint density at radius 3 is 2.41 bits per heavy atom. The highest BCUT2D eigenvalue weighted by Crippen LogP contribution is 2.41. The van der Waals surface area contributed by atoms with E-state index < -0.39 is 6.10 Å². The van der Waals surface area contributed by atoms with Gasteiger partial charge in [-0.25, -0.2) is 9.67 Å². The van der Waals surface area contributed by atoms with Crippen LogP contribution in [0.15, 0.2) is 36.9 Å². The Labute approximate surface area is 171 Å². The number of nitrogens with zero attached hydrogens (tertiary/aromatic N) is 5. The molecule has 0 unspecified atom stereocenters. The molecule has 3 aliphatic rings. The molecular weight excluding hydrogens is 366 g/mol. The fourth-order valence-electron chi connectivity index (χ4n) is 5.40. The Bertz CT molecular complexity index is 831. The molecule has 1 aliphatic carbocycles. The zero-order valence-electron chi connectivity index (χ0n) is 16.7. The van der Waals surface area contributed by atoms with Crippen molar-refractivity contribution in [2.75, 3.05) is 31.1 Å². The number of aromatic nitrogens is 3. The molecule has 1 aromatic heterocycles. The molecule has 29 heavy (non-hydrogen) atoms. The van der Waals surface area contributed by atoms with Crippen molar-refractivity contribution in [3.8, 4) is 0 Å². The summed E-state index contributed by atoms with van der Waals surface area (Å²) in [5.41, 5.74) is 1.98. The van der Waals surface area contributed by atoms with Crippen molar-refractivity contribution in [1.29, 1.82) is 0 Å². The molecule has 3 fully saturated rings. The highest BCUT2D eigenvalue weighted by molar-refractivity contribution is 5.94. The van der Waals surface area contributed by atoms with Gasteiger partial charge in [-0.05, 0) is 68.2 Å². The summed E-state index contributed by atoms with van der Waals surface area (Å²) < 4.78 is 1.77. The van der Waals surface area contributed by atoms with Gasteiger partial charge < -0.3 is 14.9 Å². The first-order chi connectivity index (χ1) is 14.2. The zero-order valence-corrected chi connectivity index (χ0v) is 16.7. The van der Waals surface area contributed by atoms with E-state index in [0.717, 1.165) is 38.2 Å². The smallest absolute Gasteiger partial charge is 0.253 e. The number of fused-ring (bicyclic) bond motifs is 1. The second kappa shape index (κ2) is 7.78. The summed E-state index contributed by atoms with van der Waals surface area (Å²) in [6.07, 6.45) is 8.12. The van der Waals surface area contributed by atoms with Crippen LogP contribution < -0.4 is 4.90 Å². The van der Waals surface area contributed by atoms with Gasteiger partial charge in [0.15, 0.2) is 0 Å². The van der Waals surface area contributed by atoms with E-state index >= 15 is 0 Å². The summed E-state index contributed by atoms with van der Waals surface area (Å²) >= 11 is 0. The Kier molecular flexibility index (Phi) is 4.99. The summed E-state index contributed by atoms with van der Waals surface area (Å²) in [6.45, 7) is 3.71. The summed E-state index contributed by atoms with van der Waals surface area (Å²) in [4.78, 5) is 21.5. The van der Waals surface area contributed by atoms with Crippen molar-refractivity contribution in [2.45, 2.75) is 44.2 Å². The van der Waals surface area contributed by atoms with Crippen molar-refractivity contribution in [3.05, 3.63) is 42.5 Å². The van der Waals surface area contributed by atoms with E-state index in [4.69, 9.17) is 0 Å². The third-order valence-corrected chi connectivity index (χ3v) is 7.01. The van der Waals surface area contributed by atoms with E-state index in [-0.39, 0.29) is 11.9 Å². The molecule has 0 spiro atoms. The number of hydrogen-bond donors (Lipinski definition) is 1. The Balaban J connectivity index is 1.24. The van der Waals surface area contributed by atoms with Crippen molar-refractivity contribution >= 4 is 11.6 Å². The van der Waals surface area contributed by atoms with Gasteiger partial charge in [0, 0.05) is 37.4 Å². The number of amides is 1. The first kappa shape index (κ1) is 18.6. The van der Waals surface area contributed by atoms with E-state index in [1.807, 2.05) is 17.0 Å². The third-order valence-electron chi connectivity index (χ3n) is 7.01. The molecule has 154 valence electrons. The lowest BCUT2D eigenvalue weighted by Gasteiger charge is -2.34. The zero-order chi connectivity index (χ0) is 19.8. The molecule has 1 N–H and O–H groups in total. The lowest BCUT2D eigenvalue weighted by molar-refractivity contribution is 0.0304. The predicted octanol–water partition coefficient (Wildman–Crippen LogP) is 2.35. The largest absolute Gasteiger partial charge is 0.391 e. The molecule has 5 rings (SSSR count). The average Bonchev–Trinajstić information content (AvgIpc) is 3.43. The van der Waals surface area contributed by atoms with Crippen LogP contribution >= 0.6 is 0 Å². The van der Waals surface area contributed by atoms with E-state index in [2.05, 4.69) is 27.1 Å². The molecule has 1 aromatic carbocycles. The molecule has 2 aliphatic heterocycles. The van der Waals surface area contributed by atoms with Gasteiger partial charge >= 0.3 is 0 Å². The van der Waals surface area contributed by atoms with E-state index in [0.29, 0.717) is 18.3 Å². The number of piperidine rings is 1. The van der Waals surface area contributed by atoms with E-state index in [1.165, 1.54) is 31.3 Å². The summed E-state index contributed by atoms with van der Waals surface area (Å²) in [7, 11) is 0. The topological polar surface area (TPSA) is 74.5 Å². The minimum atomic E-state index is -0.433. The average molecular weight is 396 g/mol. The molecule has 2 saturated heterocycles. The van der Waals surface area contributed by atoms with Crippen LogP contribution in [-0.4, -0.2) is 63.0 Å². The second-order valence-corrected chi connectivity index (χ2v) is 8.81. The van der Waals surface area contributed by atoms with Gasteiger partial charge in [0.2, 0.25) is 0 Å². The van der Waals surface area contributed by atoms with Crippen molar-refractivity contribution in [2.24, 2.45) is 11.8 Å². The molecule has 7 nitrogen and oxygen atoms in total. The van der Waals surface area contributed by atoms with Gasteiger partial charge in [-0.3, -0.25) is 4.79 Å². The van der Waals surface area contributed by atoms with Gasteiger partial charge in [0.25, 0.3) is 5.91 Å². The van der Waals surface area contributed by atoms with Crippen LogP contribution in [0.25, 0.3) is 0 Å². The fourth-order valence-corrected chi connectivity index (χ4v) is 5.40. The van der Waals surface area contributed by atoms with E-state index in [9.17, 15) is 9.90 Å². The Hall–Kier alpha value is -2.41. The SMILES string of the molecule is O=C(c1ccc(N2CCCCC2)cc1)N1C[C@H]2C[C@@H](n3cncn3)[C@H](O)C[C@H]2C1. The molecule has 0 radical (unpaired) electrons. The van der Waals surface area contributed by atoms with Gasteiger partial charge in [-0.15, -0.1) is 0 Å². The van der Waals surface area contributed by atoms with Gasteiger partial charge in [0.05, 0.1) is 12.1 Å². The number of likely N-dealkylation sites (tertiary alicyclic amines) is 1. The van der Waals surface area contributed by atoms with Crippen molar-refractivity contribution in [3.63, 3.8) is 0 Å². The highest BCUT2D eigenvalue weighted by Gasteiger charge is 2.43.